The fraction of sp³-hybridized carbons (Fsp3) is 0.167. The van der Waals surface area contributed by atoms with Crippen LogP contribution in [0.1, 0.15) is 11.1 Å². The molecule has 0 atom stereocenters. The van der Waals surface area contributed by atoms with Crippen molar-refractivity contribution < 1.29 is 22.1 Å². The van der Waals surface area contributed by atoms with Crippen LogP contribution in [0, 0.1) is 13.8 Å². The van der Waals surface area contributed by atoms with Gasteiger partial charge in [-0.15, -0.1) is 0 Å². The minimum atomic E-state index is -0.295. The van der Waals surface area contributed by atoms with Crippen LogP contribution in [-0.4, -0.2) is 10.1 Å². The summed E-state index contributed by atoms with van der Waals surface area (Å²) in [6.45, 7) is 3.59. The number of aromatic amines is 1. The van der Waals surface area contributed by atoms with E-state index in [9.17, 15) is 9.90 Å². The second kappa shape index (κ2) is 5.01. The molecule has 17 heavy (non-hydrogen) atoms. The van der Waals surface area contributed by atoms with Crippen molar-refractivity contribution in [3.05, 3.63) is 52.1 Å². The standard InChI is InChI=1S/C12H12N2O2.ClH/c1-8-9(2)11(15)13-12(16)10(8)14-6-4-3-5-7-14;/h3-7H,1-2H3,(H-,13,15,16);1H. The molecular weight excluding hydrogens is 240 g/mol. The van der Waals surface area contributed by atoms with E-state index in [2.05, 4.69) is 4.98 Å². The van der Waals surface area contributed by atoms with E-state index in [1.807, 2.05) is 25.1 Å². The zero-order valence-electron chi connectivity index (χ0n) is 9.57. The highest BCUT2D eigenvalue weighted by atomic mass is 35.5. The number of halogens is 1. The lowest BCUT2D eigenvalue weighted by molar-refractivity contribution is -0.597. The number of hydrogen-bond acceptors (Lipinski definition) is 2. The number of H-pyrrole nitrogens is 1. The predicted octanol–water partition coefficient (Wildman–Crippen LogP) is -2.02. The average molecular weight is 253 g/mol. The van der Waals surface area contributed by atoms with Gasteiger partial charge in [0.1, 0.15) is 0 Å². The molecule has 4 nitrogen and oxygen atoms in total. The zero-order valence-corrected chi connectivity index (χ0v) is 10.3. The molecule has 0 spiro atoms. The largest absolute Gasteiger partial charge is 1.00 e. The third-order valence-corrected chi connectivity index (χ3v) is 2.69. The van der Waals surface area contributed by atoms with Crippen LogP contribution in [0.25, 0.3) is 5.69 Å². The van der Waals surface area contributed by atoms with Gasteiger partial charge >= 0.3 is 5.56 Å². The van der Waals surface area contributed by atoms with Crippen molar-refractivity contribution in [2.45, 2.75) is 13.8 Å². The Labute approximate surface area is 105 Å². The van der Waals surface area contributed by atoms with Crippen molar-refractivity contribution in [1.29, 1.82) is 0 Å². The average Bonchev–Trinajstić information content (AvgIpc) is 2.28. The van der Waals surface area contributed by atoms with Gasteiger partial charge in [0.15, 0.2) is 18.3 Å². The number of nitrogens with one attached hydrogen (secondary N) is 1. The summed E-state index contributed by atoms with van der Waals surface area (Å²) in [5.41, 5.74) is 1.70. The van der Waals surface area contributed by atoms with E-state index in [0.717, 1.165) is 5.56 Å². The summed E-state index contributed by atoms with van der Waals surface area (Å²) in [6, 6.07) is 5.58. The number of rotatable bonds is 1. The molecule has 2 rings (SSSR count). The molecule has 0 aliphatic carbocycles. The van der Waals surface area contributed by atoms with E-state index in [1.54, 1.807) is 23.9 Å². The Morgan fingerprint density at radius 2 is 1.71 bits per heavy atom. The van der Waals surface area contributed by atoms with Gasteiger partial charge in [0.05, 0.1) is 0 Å². The Bertz CT molecular complexity index is 579. The highest BCUT2D eigenvalue weighted by Crippen LogP contribution is 2.16. The van der Waals surface area contributed by atoms with Crippen LogP contribution in [0.2, 0.25) is 0 Å². The zero-order chi connectivity index (χ0) is 11.7. The van der Waals surface area contributed by atoms with Crippen molar-refractivity contribution in [1.82, 2.24) is 4.98 Å². The molecular formula is C12H13ClN2O2. The van der Waals surface area contributed by atoms with Crippen molar-refractivity contribution in [3.63, 3.8) is 0 Å². The number of pyridine rings is 2. The van der Waals surface area contributed by atoms with E-state index in [4.69, 9.17) is 0 Å². The first-order valence-corrected chi connectivity index (χ1v) is 5.00. The quantitative estimate of drug-likeness (QED) is 0.576. The molecule has 2 aromatic heterocycles. The topological polar surface area (TPSA) is 57.0 Å². The third-order valence-electron chi connectivity index (χ3n) is 2.69. The van der Waals surface area contributed by atoms with Gasteiger partial charge < -0.3 is 17.5 Å². The highest BCUT2D eigenvalue weighted by molar-refractivity contribution is 5.41. The Balaban J connectivity index is 0.00000144. The van der Waals surface area contributed by atoms with Crippen molar-refractivity contribution in [2.24, 2.45) is 0 Å². The van der Waals surface area contributed by atoms with Crippen LogP contribution < -0.4 is 22.5 Å². The second-order valence-corrected chi connectivity index (χ2v) is 3.68. The first kappa shape index (κ1) is 13.3. The normalized spacial score (nSPS) is 9.76. The lowest BCUT2D eigenvalue weighted by Gasteiger charge is -2.04. The van der Waals surface area contributed by atoms with E-state index in [0.29, 0.717) is 11.3 Å². The molecule has 0 fully saturated rings. The molecule has 0 unspecified atom stereocenters. The lowest BCUT2D eigenvalue weighted by atomic mass is 10.1. The summed E-state index contributed by atoms with van der Waals surface area (Å²) in [5, 5.41) is 9.49. The molecule has 0 bridgehead atoms. The maximum Gasteiger partial charge on any atom is 0.323 e. The van der Waals surface area contributed by atoms with Gasteiger partial charge in [-0.2, -0.15) is 4.57 Å². The Kier molecular flexibility index (Phi) is 3.91. The first-order valence-electron chi connectivity index (χ1n) is 5.00. The van der Waals surface area contributed by atoms with Gasteiger partial charge in [0, 0.05) is 23.3 Å². The number of aromatic nitrogens is 2. The maximum atomic E-state index is 11.8. The van der Waals surface area contributed by atoms with E-state index < -0.39 is 0 Å². The number of aromatic hydroxyl groups is 1. The fourth-order valence-electron chi connectivity index (χ4n) is 1.64. The summed E-state index contributed by atoms with van der Waals surface area (Å²) in [6.07, 6.45) is 3.60. The van der Waals surface area contributed by atoms with Crippen LogP contribution in [0.5, 0.6) is 5.88 Å². The summed E-state index contributed by atoms with van der Waals surface area (Å²) < 4.78 is 1.74. The summed E-state index contributed by atoms with van der Waals surface area (Å²) in [4.78, 5) is 14.2. The molecule has 0 radical (unpaired) electrons. The van der Waals surface area contributed by atoms with E-state index in [1.165, 1.54) is 0 Å². The highest BCUT2D eigenvalue weighted by Gasteiger charge is 2.18. The minimum Gasteiger partial charge on any atom is -1.00 e. The molecule has 0 amide bonds. The van der Waals surface area contributed by atoms with E-state index >= 15 is 0 Å². The molecule has 2 N–H and O–H groups in total. The Morgan fingerprint density at radius 3 is 2.29 bits per heavy atom. The summed E-state index contributed by atoms with van der Waals surface area (Å²) in [5.74, 6) is -0.0669. The molecule has 0 aliphatic rings. The predicted molar refractivity (Wildman–Crippen MR) is 59.7 cm³/mol. The number of hydrogen-bond donors (Lipinski definition) is 2. The second-order valence-electron chi connectivity index (χ2n) is 3.68. The molecule has 90 valence electrons. The minimum absolute atomic E-state index is 0. The van der Waals surface area contributed by atoms with Gasteiger partial charge in [0.2, 0.25) is 0 Å². The number of nitrogens with zero attached hydrogens (tertiary/aromatic N) is 1. The fourth-order valence-corrected chi connectivity index (χ4v) is 1.64. The molecule has 0 saturated heterocycles. The molecule has 0 aliphatic heterocycles. The molecule has 0 saturated carbocycles. The molecule has 5 heteroatoms. The van der Waals surface area contributed by atoms with Gasteiger partial charge in [-0.1, -0.05) is 6.07 Å². The summed E-state index contributed by atoms with van der Waals surface area (Å²) >= 11 is 0. The maximum absolute atomic E-state index is 11.8. The molecule has 0 aromatic carbocycles. The van der Waals surface area contributed by atoms with Crippen LogP contribution in [0.15, 0.2) is 35.4 Å². The van der Waals surface area contributed by atoms with Gasteiger partial charge in [-0.25, -0.2) is 0 Å². The monoisotopic (exact) mass is 252 g/mol. The van der Waals surface area contributed by atoms with Crippen LogP contribution in [0.4, 0.5) is 0 Å². The smallest absolute Gasteiger partial charge is 0.323 e. The third kappa shape index (κ3) is 2.31. The van der Waals surface area contributed by atoms with Crippen LogP contribution in [-0.2, 0) is 0 Å². The van der Waals surface area contributed by atoms with Crippen molar-refractivity contribution in [2.75, 3.05) is 0 Å². The van der Waals surface area contributed by atoms with Crippen LogP contribution >= 0.6 is 0 Å². The van der Waals surface area contributed by atoms with Crippen molar-refractivity contribution >= 4 is 0 Å². The van der Waals surface area contributed by atoms with E-state index in [-0.39, 0.29) is 23.8 Å². The first-order chi connectivity index (χ1) is 7.61. The molecule has 2 heterocycles. The summed E-state index contributed by atoms with van der Waals surface area (Å²) in [7, 11) is 0. The SMILES string of the molecule is Cc1c(O)[nH]c(=O)c(-[n+]2ccccc2)c1C.[Cl-]. The Hall–Kier alpha value is -1.81. The van der Waals surface area contributed by atoms with Crippen molar-refractivity contribution in [3.8, 4) is 11.6 Å². The van der Waals surface area contributed by atoms with Gasteiger partial charge in [0.25, 0.3) is 5.69 Å². The van der Waals surface area contributed by atoms with Gasteiger partial charge in [-0.3, -0.25) is 9.78 Å². The molecule has 2 aromatic rings. The Morgan fingerprint density at radius 1 is 1.12 bits per heavy atom. The van der Waals surface area contributed by atoms with Gasteiger partial charge in [-0.05, 0) is 13.8 Å². The van der Waals surface area contributed by atoms with Crippen LogP contribution in [0.3, 0.4) is 0 Å². The lowest BCUT2D eigenvalue weighted by Crippen LogP contribution is -3.00.